The molecule has 2 aromatic carbocycles. The number of amides is 4. The van der Waals surface area contributed by atoms with Crippen LogP contribution >= 0.6 is 15.9 Å². The van der Waals surface area contributed by atoms with E-state index in [1.165, 1.54) is 4.90 Å². The number of carbonyl (C=O) groups excluding carboxylic acids is 3. The van der Waals surface area contributed by atoms with Gasteiger partial charge in [0.05, 0.1) is 18.9 Å². The van der Waals surface area contributed by atoms with Gasteiger partial charge in [0.1, 0.15) is 5.75 Å². The number of fused-ring (bicyclic) bond motifs is 2. The molecule has 6 rings (SSSR count). The van der Waals surface area contributed by atoms with E-state index in [-0.39, 0.29) is 41.9 Å². The Morgan fingerprint density at radius 3 is 2.29 bits per heavy atom. The molecular formula is C32H35BrN4O4. The Balaban J connectivity index is 1.26. The van der Waals surface area contributed by atoms with Crippen LogP contribution in [0.1, 0.15) is 31.2 Å². The van der Waals surface area contributed by atoms with Crippen LogP contribution in [0.4, 0.5) is 10.5 Å². The van der Waals surface area contributed by atoms with Crippen molar-refractivity contribution in [3.05, 3.63) is 82.9 Å². The van der Waals surface area contributed by atoms with Crippen LogP contribution in [0, 0.1) is 11.8 Å². The number of rotatable bonds is 5. The second-order valence-electron chi connectivity index (χ2n) is 11.4. The third-order valence-corrected chi connectivity index (χ3v) is 9.58. The maximum atomic E-state index is 13.5. The maximum Gasteiger partial charge on any atom is 0.321 e. The first-order chi connectivity index (χ1) is 19.9. The van der Waals surface area contributed by atoms with Gasteiger partial charge >= 0.3 is 6.03 Å². The number of likely N-dealkylation sites (tertiary alicyclic amines) is 1. The Hall–Kier alpha value is -3.43. The van der Waals surface area contributed by atoms with Gasteiger partial charge in [0.25, 0.3) is 0 Å². The average Bonchev–Trinajstić information content (AvgIpc) is 3.21. The molecule has 0 aromatic heterocycles. The number of methoxy groups -OCH3 is 1. The zero-order valence-corrected chi connectivity index (χ0v) is 24.9. The van der Waals surface area contributed by atoms with Crippen molar-refractivity contribution in [1.29, 1.82) is 0 Å². The number of halogens is 1. The first-order valence-electron chi connectivity index (χ1n) is 14.3. The minimum atomic E-state index is -0.406. The molecule has 1 aliphatic carbocycles. The third kappa shape index (κ3) is 5.21. The number of hydrogen-bond acceptors (Lipinski definition) is 5. The van der Waals surface area contributed by atoms with Crippen LogP contribution in [0.25, 0.3) is 0 Å². The van der Waals surface area contributed by atoms with E-state index in [1.54, 1.807) is 7.11 Å². The standard InChI is InChI=1S/C32H35BrN4O4/c1-20-6-5-17-35(32(40)34-23-13-15-24(41-2)16-14-23)18-27-29(21-9-11-22(33)12-10-21)28(37(20)27)19-36-30(38)25-7-3-4-8-26(25)31(36)39/h3-4,7-16,20,25-29H,5-6,17-19H2,1-2H3,(H,34,40)/t20?,25?,26?,27-,28+,29+/m0/s1. The minimum Gasteiger partial charge on any atom is -0.497 e. The Morgan fingerprint density at radius 1 is 1.00 bits per heavy atom. The van der Waals surface area contributed by atoms with Crippen molar-refractivity contribution in [2.24, 2.45) is 11.8 Å². The van der Waals surface area contributed by atoms with E-state index in [4.69, 9.17) is 4.74 Å². The van der Waals surface area contributed by atoms with Crippen molar-refractivity contribution < 1.29 is 19.1 Å². The van der Waals surface area contributed by atoms with Crippen molar-refractivity contribution in [2.75, 3.05) is 32.1 Å². The summed E-state index contributed by atoms with van der Waals surface area (Å²) in [6.45, 7) is 3.80. The van der Waals surface area contributed by atoms with E-state index < -0.39 is 11.8 Å². The summed E-state index contributed by atoms with van der Waals surface area (Å²) >= 11 is 3.55. The number of urea groups is 1. The second kappa shape index (κ2) is 11.4. The smallest absolute Gasteiger partial charge is 0.321 e. The van der Waals surface area contributed by atoms with E-state index >= 15 is 0 Å². The van der Waals surface area contributed by atoms with Gasteiger partial charge in [-0.25, -0.2) is 4.79 Å². The zero-order valence-electron chi connectivity index (χ0n) is 23.3. The Labute approximate surface area is 249 Å². The lowest BCUT2D eigenvalue weighted by atomic mass is 9.72. The van der Waals surface area contributed by atoms with E-state index in [0.29, 0.717) is 19.6 Å². The molecule has 3 saturated heterocycles. The van der Waals surface area contributed by atoms with Gasteiger partial charge in [0.2, 0.25) is 11.8 Å². The molecular weight excluding hydrogens is 584 g/mol. The molecule has 8 nitrogen and oxygen atoms in total. The summed E-state index contributed by atoms with van der Waals surface area (Å²) in [5.74, 6) is -0.238. The molecule has 0 saturated carbocycles. The summed E-state index contributed by atoms with van der Waals surface area (Å²) in [6.07, 6.45) is 9.19. The number of hydrogen-bond donors (Lipinski definition) is 1. The molecule has 3 fully saturated rings. The first-order valence-corrected chi connectivity index (χ1v) is 15.1. The van der Waals surface area contributed by atoms with Gasteiger partial charge in [-0.2, -0.15) is 0 Å². The summed E-state index contributed by atoms with van der Waals surface area (Å²) in [5, 5.41) is 3.05. The van der Waals surface area contributed by atoms with Crippen molar-refractivity contribution in [1.82, 2.24) is 14.7 Å². The fraction of sp³-hybridized carbons (Fsp3) is 0.406. The van der Waals surface area contributed by atoms with Crippen molar-refractivity contribution >= 4 is 39.5 Å². The topological polar surface area (TPSA) is 82.2 Å². The molecule has 1 N–H and O–H groups in total. The monoisotopic (exact) mass is 618 g/mol. The van der Waals surface area contributed by atoms with Gasteiger partial charge in [-0.3, -0.25) is 19.4 Å². The van der Waals surface area contributed by atoms with E-state index in [0.717, 1.165) is 34.3 Å². The third-order valence-electron chi connectivity index (χ3n) is 9.05. The van der Waals surface area contributed by atoms with Crippen LogP contribution in [0.3, 0.4) is 0 Å². The van der Waals surface area contributed by atoms with Gasteiger partial charge in [-0.05, 0) is 61.7 Å². The van der Waals surface area contributed by atoms with Crippen LogP contribution in [0.2, 0.25) is 0 Å². The number of allylic oxidation sites excluding steroid dienone is 2. The molecule has 41 heavy (non-hydrogen) atoms. The van der Waals surface area contributed by atoms with Crippen LogP contribution in [-0.4, -0.2) is 77.4 Å². The maximum absolute atomic E-state index is 13.5. The first kappa shape index (κ1) is 27.7. The van der Waals surface area contributed by atoms with E-state index in [1.807, 2.05) is 65.6 Å². The number of anilines is 1. The molecule has 6 atom stereocenters. The van der Waals surface area contributed by atoms with Crippen molar-refractivity contribution in [3.63, 3.8) is 0 Å². The van der Waals surface area contributed by atoms with E-state index in [9.17, 15) is 14.4 Å². The molecule has 4 amide bonds. The van der Waals surface area contributed by atoms with Crippen LogP contribution in [-0.2, 0) is 9.59 Å². The number of benzene rings is 2. The highest BCUT2D eigenvalue weighted by Gasteiger charge is 2.55. The summed E-state index contributed by atoms with van der Waals surface area (Å²) in [4.78, 5) is 46.0. The van der Waals surface area contributed by atoms with E-state index in [2.05, 4.69) is 45.2 Å². The number of carbonyl (C=O) groups is 3. The predicted octanol–water partition coefficient (Wildman–Crippen LogP) is 5.04. The number of imide groups is 1. The highest BCUT2D eigenvalue weighted by Crippen LogP contribution is 2.46. The molecule has 0 radical (unpaired) electrons. The Bertz CT molecular complexity index is 1350. The molecule has 3 unspecified atom stereocenters. The Kier molecular flexibility index (Phi) is 7.74. The number of nitrogens with zero attached hydrogens (tertiary/aromatic N) is 3. The average molecular weight is 620 g/mol. The predicted molar refractivity (Wildman–Crippen MR) is 161 cm³/mol. The van der Waals surface area contributed by atoms with Gasteiger partial charge in [0.15, 0.2) is 0 Å². The van der Waals surface area contributed by atoms with Gasteiger partial charge < -0.3 is 15.0 Å². The molecule has 2 aromatic rings. The largest absolute Gasteiger partial charge is 0.497 e. The van der Waals surface area contributed by atoms with Gasteiger partial charge in [-0.15, -0.1) is 0 Å². The molecule has 4 aliphatic rings. The highest BCUT2D eigenvalue weighted by molar-refractivity contribution is 9.10. The summed E-state index contributed by atoms with van der Waals surface area (Å²) in [7, 11) is 1.62. The minimum absolute atomic E-state index is 0.0261. The summed E-state index contributed by atoms with van der Waals surface area (Å²) in [5.41, 5.74) is 1.87. The lowest BCUT2D eigenvalue weighted by molar-refractivity contribution is -0.144. The Morgan fingerprint density at radius 2 is 1.66 bits per heavy atom. The molecule has 3 aliphatic heterocycles. The fourth-order valence-corrected chi connectivity index (χ4v) is 7.25. The van der Waals surface area contributed by atoms with Crippen molar-refractivity contribution in [2.45, 2.75) is 43.8 Å². The fourth-order valence-electron chi connectivity index (χ4n) is 6.99. The van der Waals surface area contributed by atoms with Crippen LogP contribution < -0.4 is 10.1 Å². The molecule has 0 spiro atoms. The lowest BCUT2D eigenvalue weighted by Crippen LogP contribution is -2.71. The highest BCUT2D eigenvalue weighted by atomic mass is 79.9. The zero-order chi connectivity index (χ0) is 28.7. The molecule has 9 heteroatoms. The lowest BCUT2D eigenvalue weighted by Gasteiger charge is -2.60. The molecule has 0 bridgehead atoms. The van der Waals surface area contributed by atoms with Gasteiger partial charge in [0, 0.05) is 53.8 Å². The normalized spacial score (nSPS) is 29.3. The number of nitrogens with one attached hydrogen (secondary N) is 1. The van der Waals surface area contributed by atoms with Crippen molar-refractivity contribution in [3.8, 4) is 5.75 Å². The summed E-state index contributed by atoms with van der Waals surface area (Å²) < 4.78 is 6.23. The molecule has 3 heterocycles. The SMILES string of the molecule is COc1ccc(NC(=O)N2CCCC(C)N3[C@H](CN4C(=O)C5C=CC=CC5C4=O)[C@H](c4ccc(Br)cc4)[C@@H]3C2)cc1. The van der Waals surface area contributed by atoms with Crippen LogP contribution in [0.15, 0.2) is 77.3 Å². The molecule has 214 valence electrons. The second-order valence-corrected chi connectivity index (χ2v) is 12.3. The summed E-state index contributed by atoms with van der Waals surface area (Å²) in [6, 6.07) is 15.8. The van der Waals surface area contributed by atoms with Gasteiger partial charge in [-0.1, -0.05) is 52.4 Å². The number of ether oxygens (including phenoxy) is 1. The quantitative estimate of drug-likeness (QED) is 0.475. The van der Waals surface area contributed by atoms with Crippen LogP contribution in [0.5, 0.6) is 5.75 Å².